The van der Waals surface area contributed by atoms with Crippen molar-refractivity contribution in [3.8, 4) is 11.3 Å². The standard InChI is InChI=1S/C24H24FN3O2/c1-15-11-12-16(2)19(13-15)23-17-7-3-4-8-18(17)24(30)28(27-23)14-22(29)26-21-10-6-5-9-20(21)25/h5-6,9-13H,3-4,7-8,14H2,1-2H3,(H,26,29). The van der Waals surface area contributed by atoms with Crippen molar-refractivity contribution in [2.24, 2.45) is 0 Å². The Bertz CT molecular complexity index is 1180. The Morgan fingerprint density at radius 1 is 1.10 bits per heavy atom. The van der Waals surface area contributed by atoms with Crippen LogP contribution < -0.4 is 10.9 Å². The van der Waals surface area contributed by atoms with Crippen LogP contribution in [-0.2, 0) is 24.2 Å². The predicted molar refractivity (Wildman–Crippen MR) is 115 cm³/mol. The van der Waals surface area contributed by atoms with Crippen LogP contribution in [0.1, 0.15) is 35.1 Å². The van der Waals surface area contributed by atoms with Crippen molar-refractivity contribution < 1.29 is 9.18 Å². The number of carbonyl (C=O) groups is 1. The molecule has 1 aliphatic carbocycles. The minimum Gasteiger partial charge on any atom is -0.322 e. The highest BCUT2D eigenvalue weighted by molar-refractivity contribution is 5.90. The zero-order valence-corrected chi connectivity index (χ0v) is 17.2. The van der Waals surface area contributed by atoms with E-state index in [0.717, 1.165) is 52.8 Å². The molecule has 0 radical (unpaired) electrons. The molecule has 30 heavy (non-hydrogen) atoms. The first kappa shape index (κ1) is 20.0. The molecule has 0 saturated carbocycles. The molecule has 1 amide bonds. The van der Waals surface area contributed by atoms with Crippen LogP contribution in [0.25, 0.3) is 11.3 Å². The summed E-state index contributed by atoms with van der Waals surface area (Å²) >= 11 is 0. The van der Waals surface area contributed by atoms with Crippen LogP contribution in [0.2, 0.25) is 0 Å². The Morgan fingerprint density at radius 3 is 2.60 bits per heavy atom. The average molecular weight is 405 g/mol. The third kappa shape index (κ3) is 3.90. The van der Waals surface area contributed by atoms with Crippen LogP contribution in [0, 0.1) is 19.7 Å². The monoisotopic (exact) mass is 405 g/mol. The van der Waals surface area contributed by atoms with Gasteiger partial charge >= 0.3 is 0 Å². The molecule has 0 saturated heterocycles. The number of nitrogens with zero attached hydrogens (tertiary/aromatic N) is 2. The summed E-state index contributed by atoms with van der Waals surface area (Å²) in [5.74, 6) is -1.01. The van der Waals surface area contributed by atoms with E-state index in [0.29, 0.717) is 6.42 Å². The Balaban J connectivity index is 1.75. The first-order valence-electron chi connectivity index (χ1n) is 10.2. The Morgan fingerprint density at radius 2 is 1.83 bits per heavy atom. The van der Waals surface area contributed by atoms with Gasteiger partial charge in [0.2, 0.25) is 5.91 Å². The number of benzene rings is 2. The highest BCUT2D eigenvalue weighted by atomic mass is 19.1. The first-order chi connectivity index (χ1) is 14.4. The molecule has 0 unspecified atom stereocenters. The Kier molecular flexibility index (Phi) is 5.48. The molecular formula is C24H24FN3O2. The number of fused-ring (bicyclic) bond motifs is 1. The number of aryl methyl sites for hydroxylation is 2. The molecule has 4 rings (SSSR count). The average Bonchev–Trinajstić information content (AvgIpc) is 2.74. The van der Waals surface area contributed by atoms with Crippen LogP contribution in [0.4, 0.5) is 10.1 Å². The van der Waals surface area contributed by atoms with Crippen molar-refractivity contribution in [1.29, 1.82) is 0 Å². The summed E-state index contributed by atoms with van der Waals surface area (Å²) in [6, 6.07) is 12.1. The van der Waals surface area contributed by atoms with Gasteiger partial charge in [0, 0.05) is 11.1 Å². The highest BCUT2D eigenvalue weighted by Gasteiger charge is 2.23. The molecule has 6 heteroatoms. The summed E-state index contributed by atoms with van der Waals surface area (Å²) in [6.07, 6.45) is 3.45. The summed E-state index contributed by atoms with van der Waals surface area (Å²) < 4.78 is 15.1. The minimum atomic E-state index is -0.521. The number of halogens is 1. The molecule has 0 atom stereocenters. The lowest BCUT2D eigenvalue weighted by molar-refractivity contribution is -0.117. The van der Waals surface area contributed by atoms with E-state index < -0.39 is 11.7 Å². The molecule has 0 aliphatic heterocycles. The van der Waals surface area contributed by atoms with Gasteiger partial charge < -0.3 is 5.32 Å². The van der Waals surface area contributed by atoms with Crippen molar-refractivity contribution in [2.75, 3.05) is 5.32 Å². The first-order valence-corrected chi connectivity index (χ1v) is 10.2. The summed E-state index contributed by atoms with van der Waals surface area (Å²) in [7, 11) is 0. The number of para-hydroxylation sites is 1. The zero-order chi connectivity index (χ0) is 21.3. The van der Waals surface area contributed by atoms with Crippen LogP contribution >= 0.6 is 0 Å². The van der Waals surface area contributed by atoms with Gasteiger partial charge in [-0.25, -0.2) is 9.07 Å². The second-order valence-corrected chi connectivity index (χ2v) is 7.82. The lowest BCUT2D eigenvalue weighted by Gasteiger charge is -2.21. The van der Waals surface area contributed by atoms with E-state index >= 15 is 0 Å². The number of carbonyl (C=O) groups excluding carboxylic acids is 1. The topological polar surface area (TPSA) is 64.0 Å². The molecule has 1 aliphatic rings. The third-order valence-corrected chi connectivity index (χ3v) is 5.56. The quantitative estimate of drug-likeness (QED) is 0.708. The van der Waals surface area contributed by atoms with E-state index in [2.05, 4.69) is 16.5 Å². The fourth-order valence-corrected chi connectivity index (χ4v) is 3.99. The molecule has 0 fully saturated rings. The molecule has 3 aromatic rings. The second kappa shape index (κ2) is 8.22. The summed E-state index contributed by atoms with van der Waals surface area (Å²) in [6.45, 7) is 3.78. The normalized spacial score (nSPS) is 13.0. The number of hydrogen-bond donors (Lipinski definition) is 1. The van der Waals surface area contributed by atoms with Gasteiger partial charge in [-0.2, -0.15) is 5.10 Å². The van der Waals surface area contributed by atoms with Gasteiger partial charge in [0.1, 0.15) is 12.4 Å². The minimum absolute atomic E-state index is 0.0864. The number of nitrogens with one attached hydrogen (secondary N) is 1. The number of anilines is 1. The van der Waals surface area contributed by atoms with Crippen molar-refractivity contribution in [2.45, 2.75) is 46.1 Å². The molecule has 0 spiro atoms. The smallest absolute Gasteiger partial charge is 0.270 e. The van der Waals surface area contributed by atoms with E-state index in [9.17, 15) is 14.0 Å². The fraction of sp³-hybridized carbons (Fsp3) is 0.292. The Hall–Kier alpha value is -3.28. The molecule has 1 aromatic heterocycles. The molecule has 2 aromatic carbocycles. The maximum absolute atomic E-state index is 13.9. The van der Waals surface area contributed by atoms with Gasteiger partial charge in [0.25, 0.3) is 5.56 Å². The van der Waals surface area contributed by atoms with E-state index in [1.807, 2.05) is 26.0 Å². The van der Waals surface area contributed by atoms with Gasteiger partial charge in [0.05, 0.1) is 11.4 Å². The molecule has 0 bridgehead atoms. The molecule has 1 N–H and O–H groups in total. The molecular weight excluding hydrogens is 381 g/mol. The SMILES string of the molecule is Cc1ccc(C)c(-c2nn(CC(=O)Nc3ccccc3F)c(=O)c3c2CCCC3)c1. The second-order valence-electron chi connectivity index (χ2n) is 7.82. The lowest BCUT2D eigenvalue weighted by Crippen LogP contribution is -2.34. The molecule has 5 nitrogen and oxygen atoms in total. The van der Waals surface area contributed by atoms with E-state index in [1.165, 1.54) is 16.8 Å². The zero-order valence-electron chi connectivity index (χ0n) is 17.2. The maximum atomic E-state index is 13.9. The van der Waals surface area contributed by atoms with E-state index in [-0.39, 0.29) is 17.8 Å². The summed E-state index contributed by atoms with van der Waals surface area (Å²) in [4.78, 5) is 25.6. The van der Waals surface area contributed by atoms with Crippen LogP contribution in [0.5, 0.6) is 0 Å². The number of hydrogen-bond acceptors (Lipinski definition) is 3. The van der Waals surface area contributed by atoms with Crippen LogP contribution in [0.15, 0.2) is 47.3 Å². The molecule has 154 valence electrons. The van der Waals surface area contributed by atoms with Crippen molar-refractivity contribution in [3.05, 3.63) is 80.9 Å². The van der Waals surface area contributed by atoms with Crippen molar-refractivity contribution in [1.82, 2.24) is 9.78 Å². The number of rotatable bonds is 4. The summed E-state index contributed by atoms with van der Waals surface area (Å²) in [5, 5.41) is 7.14. The molecule has 1 heterocycles. The number of amides is 1. The largest absolute Gasteiger partial charge is 0.322 e. The van der Waals surface area contributed by atoms with E-state index in [1.54, 1.807) is 12.1 Å². The number of aromatic nitrogens is 2. The highest BCUT2D eigenvalue weighted by Crippen LogP contribution is 2.30. The summed E-state index contributed by atoms with van der Waals surface area (Å²) in [5.41, 5.74) is 5.52. The van der Waals surface area contributed by atoms with Gasteiger partial charge in [-0.3, -0.25) is 9.59 Å². The van der Waals surface area contributed by atoms with Crippen molar-refractivity contribution >= 4 is 11.6 Å². The van der Waals surface area contributed by atoms with Gasteiger partial charge in [-0.15, -0.1) is 0 Å². The van der Waals surface area contributed by atoms with Gasteiger partial charge in [-0.05, 0) is 68.9 Å². The lowest BCUT2D eigenvalue weighted by atomic mass is 9.88. The Labute approximate surface area is 174 Å². The predicted octanol–water partition coefficient (Wildman–Crippen LogP) is 4.18. The third-order valence-electron chi connectivity index (χ3n) is 5.56. The van der Waals surface area contributed by atoms with Crippen molar-refractivity contribution in [3.63, 3.8) is 0 Å². The van der Waals surface area contributed by atoms with Gasteiger partial charge in [-0.1, -0.05) is 29.8 Å². The van der Waals surface area contributed by atoms with E-state index in [4.69, 9.17) is 0 Å². The van der Waals surface area contributed by atoms with Crippen LogP contribution in [-0.4, -0.2) is 15.7 Å². The fourth-order valence-electron chi connectivity index (χ4n) is 3.99. The van der Waals surface area contributed by atoms with Gasteiger partial charge in [0.15, 0.2) is 0 Å². The van der Waals surface area contributed by atoms with Crippen LogP contribution in [0.3, 0.4) is 0 Å². The maximum Gasteiger partial charge on any atom is 0.270 e.